The van der Waals surface area contributed by atoms with Gasteiger partial charge in [-0.3, -0.25) is 9.59 Å². The van der Waals surface area contributed by atoms with Crippen LogP contribution in [-0.4, -0.2) is 40.4 Å². The first kappa shape index (κ1) is 16.9. The Balaban J connectivity index is 2.80. The van der Waals surface area contributed by atoms with Crippen molar-refractivity contribution in [3.05, 3.63) is 34.9 Å². The van der Waals surface area contributed by atoms with Crippen LogP contribution in [0.4, 0.5) is 0 Å². The van der Waals surface area contributed by atoms with Gasteiger partial charge in [0.1, 0.15) is 6.54 Å². The standard InChI is InChI=1S/C14H18ClNO3S/c1-10(9-20-2)14(19)16(8-13(17)18)7-11-3-5-12(15)6-4-11/h3-6,10H,7-9H2,1-2H3,(H,17,18). The normalized spacial score (nSPS) is 11.9. The van der Waals surface area contributed by atoms with Crippen molar-refractivity contribution in [3.8, 4) is 0 Å². The van der Waals surface area contributed by atoms with Crippen LogP contribution in [0, 0.1) is 5.92 Å². The summed E-state index contributed by atoms with van der Waals surface area (Å²) in [5.41, 5.74) is 0.861. The van der Waals surface area contributed by atoms with Gasteiger partial charge in [-0.15, -0.1) is 0 Å². The smallest absolute Gasteiger partial charge is 0.323 e. The van der Waals surface area contributed by atoms with Gasteiger partial charge in [-0.05, 0) is 24.0 Å². The highest BCUT2D eigenvalue weighted by Gasteiger charge is 2.22. The van der Waals surface area contributed by atoms with Crippen LogP contribution < -0.4 is 0 Å². The van der Waals surface area contributed by atoms with Gasteiger partial charge in [-0.2, -0.15) is 11.8 Å². The van der Waals surface area contributed by atoms with Crippen molar-refractivity contribution in [1.29, 1.82) is 0 Å². The van der Waals surface area contributed by atoms with E-state index in [1.807, 2.05) is 13.2 Å². The Bertz CT molecular complexity index is 464. The minimum Gasteiger partial charge on any atom is -0.480 e. The van der Waals surface area contributed by atoms with Crippen LogP contribution in [0.1, 0.15) is 12.5 Å². The molecule has 1 amide bonds. The number of thioether (sulfide) groups is 1. The molecule has 0 aliphatic heterocycles. The molecule has 0 bridgehead atoms. The van der Waals surface area contributed by atoms with Crippen LogP contribution in [0.2, 0.25) is 5.02 Å². The molecule has 1 aromatic carbocycles. The Morgan fingerprint density at radius 3 is 2.45 bits per heavy atom. The first-order valence-electron chi connectivity index (χ1n) is 6.18. The predicted octanol–water partition coefficient (Wildman–Crippen LogP) is 2.75. The van der Waals surface area contributed by atoms with Crippen molar-refractivity contribution in [2.24, 2.45) is 5.92 Å². The summed E-state index contributed by atoms with van der Waals surface area (Å²) in [5, 5.41) is 9.56. The van der Waals surface area contributed by atoms with Crippen LogP contribution in [0.5, 0.6) is 0 Å². The minimum absolute atomic E-state index is 0.142. The van der Waals surface area contributed by atoms with Gasteiger partial charge < -0.3 is 10.0 Å². The van der Waals surface area contributed by atoms with E-state index in [1.165, 1.54) is 4.90 Å². The molecule has 0 radical (unpaired) electrons. The van der Waals surface area contributed by atoms with Crippen molar-refractivity contribution in [3.63, 3.8) is 0 Å². The maximum atomic E-state index is 12.3. The van der Waals surface area contributed by atoms with Crippen molar-refractivity contribution in [1.82, 2.24) is 4.90 Å². The van der Waals surface area contributed by atoms with E-state index in [9.17, 15) is 9.59 Å². The van der Waals surface area contributed by atoms with Gasteiger partial charge in [0, 0.05) is 23.2 Å². The van der Waals surface area contributed by atoms with Gasteiger partial charge in [-0.25, -0.2) is 0 Å². The number of nitrogens with zero attached hydrogens (tertiary/aromatic N) is 1. The van der Waals surface area contributed by atoms with E-state index in [0.29, 0.717) is 10.8 Å². The van der Waals surface area contributed by atoms with Crippen LogP contribution in [0.3, 0.4) is 0 Å². The van der Waals surface area contributed by atoms with E-state index >= 15 is 0 Å². The summed E-state index contributed by atoms with van der Waals surface area (Å²) in [6.45, 7) is 1.80. The van der Waals surface area contributed by atoms with Crippen LogP contribution in [0.25, 0.3) is 0 Å². The highest BCUT2D eigenvalue weighted by atomic mass is 35.5. The Morgan fingerprint density at radius 2 is 1.95 bits per heavy atom. The fourth-order valence-electron chi connectivity index (χ4n) is 1.82. The van der Waals surface area contributed by atoms with E-state index in [1.54, 1.807) is 36.0 Å². The molecule has 0 aliphatic rings. The largest absolute Gasteiger partial charge is 0.480 e. The van der Waals surface area contributed by atoms with E-state index < -0.39 is 5.97 Å². The lowest BCUT2D eigenvalue weighted by atomic mass is 10.1. The van der Waals surface area contributed by atoms with Crippen molar-refractivity contribution < 1.29 is 14.7 Å². The third kappa shape index (κ3) is 5.43. The Morgan fingerprint density at radius 1 is 1.35 bits per heavy atom. The summed E-state index contributed by atoms with van der Waals surface area (Å²) in [4.78, 5) is 24.5. The molecule has 20 heavy (non-hydrogen) atoms. The van der Waals surface area contributed by atoms with Crippen LogP contribution in [-0.2, 0) is 16.1 Å². The SMILES string of the molecule is CSCC(C)C(=O)N(CC(=O)O)Cc1ccc(Cl)cc1. The van der Waals surface area contributed by atoms with Gasteiger partial charge in [-0.1, -0.05) is 30.7 Å². The molecule has 110 valence electrons. The van der Waals surface area contributed by atoms with E-state index in [4.69, 9.17) is 16.7 Å². The highest BCUT2D eigenvalue weighted by Crippen LogP contribution is 2.14. The topological polar surface area (TPSA) is 57.6 Å². The summed E-state index contributed by atoms with van der Waals surface area (Å²) < 4.78 is 0. The summed E-state index contributed by atoms with van der Waals surface area (Å²) >= 11 is 7.38. The fourth-order valence-corrected chi connectivity index (χ4v) is 2.59. The van der Waals surface area contributed by atoms with Crippen molar-refractivity contribution in [2.75, 3.05) is 18.6 Å². The summed E-state index contributed by atoms with van der Waals surface area (Å²) in [6, 6.07) is 7.05. The molecule has 0 fully saturated rings. The zero-order chi connectivity index (χ0) is 15.1. The molecular weight excluding hydrogens is 298 g/mol. The fraction of sp³-hybridized carbons (Fsp3) is 0.429. The summed E-state index contributed by atoms with van der Waals surface area (Å²) in [6.07, 6.45) is 1.92. The monoisotopic (exact) mass is 315 g/mol. The molecule has 1 atom stereocenters. The molecule has 0 aromatic heterocycles. The van der Waals surface area contributed by atoms with Crippen molar-refractivity contribution >= 4 is 35.2 Å². The zero-order valence-electron chi connectivity index (χ0n) is 11.5. The molecular formula is C14H18ClNO3S. The number of rotatable bonds is 7. The Hall–Kier alpha value is -1.20. The molecule has 1 unspecified atom stereocenters. The molecule has 1 rings (SSSR count). The van der Waals surface area contributed by atoms with Gasteiger partial charge in [0.05, 0.1) is 0 Å². The molecule has 1 aromatic rings. The average Bonchev–Trinajstić information content (AvgIpc) is 2.39. The van der Waals surface area contributed by atoms with Gasteiger partial charge in [0.15, 0.2) is 0 Å². The predicted molar refractivity (Wildman–Crippen MR) is 82.1 cm³/mol. The molecule has 0 saturated carbocycles. The average molecular weight is 316 g/mol. The Labute approximate surface area is 128 Å². The first-order chi connectivity index (χ1) is 9.43. The summed E-state index contributed by atoms with van der Waals surface area (Å²) in [7, 11) is 0. The van der Waals surface area contributed by atoms with Crippen molar-refractivity contribution in [2.45, 2.75) is 13.5 Å². The van der Waals surface area contributed by atoms with Gasteiger partial charge in [0.2, 0.25) is 5.91 Å². The number of halogens is 1. The second-order valence-electron chi connectivity index (χ2n) is 4.57. The third-order valence-corrected chi connectivity index (χ3v) is 3.85. The molecule has 0 saturated heterocycles. The quantitative estimate of drug-likeness (QED) is 0.840. The number of carboxylic acids is 1. The zero-order valence-corrected chi connectivity index (χ0v) is 13.1. The van der Waals surface area contributed by atoms with Gasteiger partial charge >= 0.3 is 5.97 Å². The second kappa shape index (κ2) is 8.17. The third-order valence-electron chi connectivity index (χ3n) is 2.76. The van der Waals surface area contributed by atoms with Crippen LogP contribution >= 0.6 is 23.4 Å². The molecule has 1 N–H and O–H groups in total. The maximum absolute atomic E-state index is 12.3. The maximum Gasteiger partial charge on any atom is 0.323 e. The number of carboxylic acid groups (broad SMARTS) is 1. The Kier molecular flexibility index (Phi) is 6.88. The molecule has 0 spiro atoms. The first-order valence-corrected chi connectivity index (χ1v) is 7.95. The lowest BCUT2D eigenvalue weighted by Gasteiger charge is -2.24. The number of benzene rings is 1. The minimum atomic E-state index is -1.01. The second-order valence-corrected chi connectivity index (χ2v) is 5.92. The number of carbonyl (C=O) groups is 2. The molecule has 0 aliphatic carbocycles. The summed E-state index contributed by atoms with van der Waals surface area (Å²) in [5.74, 6) is -0.674. The lowest BCUT2D eigenvalue weighted by molar-refractivity contribution is -0.146. The molecule has 6 heteroatoms. The molecule has 4 nitrogen and oxygen atoms in total. The lowest BCUT2D eigenvalue weighted by Crippen LogP contribution is -2.39. The number of hydrogen-bond donors (Lipinski definition) is 1. The number of aliphatic carboxylic acids is 1. The van der Waals surface area contributed by atoms with Gasteiger partial charge in [0.25, 0.3) is 0 Å². The number of carbonyl (C=O) groups excluding carboxylic acids is 1. The van der Waals surface area contributed by atoms with E-state index in [0.717, 1.165) is 5.56 Å². The highest BCUT2D eigenvalue weighted by molar-refractivity contribution is 7.98. The number of hydrogen-bond acceptors (Lipinski definition) is 3. The number of amides is 1. The molecule has 0 heterocycles. The van der Waals surface area contributed by atoms with E-state index in [2.05, 4.69) is 0 Å². The van der Waals surface area contributed by atoms with Crippen LogP contribution in [0.15, 0.2) is 24.3 Å². The van der Waals surface area contributed by atoms with E-state index in [-0.39, 0.29) is 24.9 Å².